The molecule has 18 nitrogen and oxygen atoms in total. The summed E-state index contributed by atoms with van der Waals surface area (Å²) in [5.41, 5.74) is 8.79. The van der Waals surface area contributed by atoms with E-state index in [1.54, 1.807) is 37.3 Å². The molecule has 6 aromatic rings. The summed E-state index contributed by atoms with van der Waals surface area (Å²) in [6.07, 6.45) is 0.435. The van der Waals surface area contributed by atoms with Crippen LogP contribution < -0.4 is 134 Å². The number of nitrogens with zero attached hydrogens (tertiary/aromatic N) is 4. The van der Waals surface area contributed by atoms with Crippen LogP contribution in [0.15, 0.2) is 137 Å². The van der Waals surface area contributed by atoms with Crippen LogP contribution in [0.1, 0.15) is 18.1 Å². The van der Waals surface area contributed by atoms with Gasteiger partial charge in [0.15, 0.2) is 5.75 Å². The van der Waals surface area contributed by atoms with Gasteiger partial charge in [-0.25, -0.2) is 16.8 Å². The molecule has 26 heteroatoms. The second-order valence-electron chi connectivity index (χ2n) is 12.3. The maximum absolute atomic E-state index is 12.5. The zero-order valence-electron chi connectivity index (χ0n) is 34.3. The molecule has 0 saturated heterocycles. The molecule has 0 unspecified atom stereocenters. The number of phenolic OH excluding ortho intramolecular Hbond substituents is 1. The quantitative estimate of drug-likeness (QED) is 0.0186. The van der Waals surface area contributed by atoms with E-state index in [0.29, 0.717) is 24.0 Å². The summed E-state index contributed by atoms with van der Waals surface area (Å²) in [7, 11) is -10.2. The van der Waals surface area contributed by atoms with Crippen LogP contribution in [0.25, 0.3) is 33.0 Å². The first-order chi connectivity index (χ1) is 28.1. The number of benzene rings is 6. The van der Waals surface area contributed by atoms with E-state index in [-0.39, 0.29) is 173 Å². The number of aryl methyl sites for hydroxylation is 2. The number of nitrogens with two attached hydrogens (primary N) is 1. The number of aromatic hydroxyl groups is 1. The van der Waals surface area contributed by atoms with Crippen molar-refractivity contribution in [1.82, 2.24) is 0 Å². The van der Waals surface area contributed by atoms with Gasteiger partial charge in [0.25, 0.3) is 0 Å². The van der Waals surface area contributed by atoms with E-state index in [4.69, 9.17) is 5.73 Å². The minimum absolute atomic E-state index is 0. The minimum Gasteiger partial charge on any atom is -0.744 e. The molecule has 63 heavy (non-hydrogen) atoms. The van der Waals surface area contributed by atoms with Crippen LogP contribution in [0.5, 0.6) is 5.75 Å². The molecule has 0 atom stereocenters. The molecular weight excluding hydrogens is 943 g/mol. The van der Waals surface area contributed by atoms with Crippen molar-refractivity contribution in [3.63, 3.8) is 0 Å². The van der Waals surface area contributed by atoms with Crippen LogP contribution in [-0.2, 0) is 45.4 Å². The average Bonchev–Trinajstić information content (AvgIpc) is 3.21. The van der Waals surface area contributed by atoms with Gasteiger partial charge < -0.3 is 30.5 Å². The average molecular weight is 970 g/mol. The van der Waals surface area contributed by atoms with E-state index in [2.05, 4.69) is 39.2 Å². The van der Waals surface area contributed by atoms with Crippen LogP contribution >= 0.6 is 24.1 Å². The standard InChI is InChI=1S/C37H31N5O13S4.4Na/c1-3-21-6-14-28(31(16-21)58(46,47)48)27-15-13-26(19-29(27)56-54-52-44)40-41-35-30(57-55-53-45)17-24-18-32(59(49,50)51)36(34(38)33(24)37(35)43)42-39-25-11-9-23(10-12-25)22-7-4-20(2)5-8-22;;;;/h4-19,43-45H,3,38H2,1-2H3,(H,46,47,48)(H,49,50,51);;;;/q;4*+1/p-4. The van der Waals surface area contributed by atoms with Crippen LogP contribution in [0.4, 0.5) is 28.4 Å². The summed E-state index contributed by atoms with van der Waals surface area (Å²) in [4.78, 5) is -1.54. The van der Waals surface area contributed by atoms with Crippen LogP contribution in [0, 0.1) is 6.92 Å². The number of azo groups is 2. The van der Waals surface area contributed by atoms with Gasteiger partial charge in [-0.2, -0.15) is 18.9 Å². The Hall–Kier alpha value is -1.34. The van der Waals surface area contributed by atoms with Gasteiger partial charge in [-0.15, -0.1) is 10.2 Å². The molecule has 0 aromatic heterocycles. The van der Waals surface area contributed by atoms with Crippen molar-refractivity contribution in [1.29, 1.82) is 0 Å². The number of hydrogen-bond acceptors (Lipinski definition) is 20. The zero-order valence-corrected chi connectivity index (χ0v) is 45.6. The number of rotatable bonds is 15. The predicted molar refractivity (Wildman–Crippen MR) is 208 cm³/mol. The third-order valence-electron chi connectivity index (χ3n) is 8.65. The molecule has 0 saturated carbocycles. The summed E-state index contributed by atoms with van der Waals surface area (Å²) in [6.45, 7) is 3.74. The summed E-state index contributed by atoms with van der Waals surface area (Å²) in [5.74, 6) is -0.731. The fraction of sp³-hybridized carbons (Fsp3) is 0.0811. The third-order valence-corrected chi connectivity index (χ3v) is 11.6. The molecule has 0 aliphatic carbocycles. The molecule has 6 aromatic carbocycles. The largest absolute Gasteiger partial charge is 1.00 e. The van der Waals surface area contributed by atoms with E-state index in [9.17, 15) is 41.6 Å². The Kier molecular flexibility index (Phi) is 23.6. The van der Waals surface area contributed by atoms with Crippen LogP contribution in [-0.4, -0.2) is 31.0 Å². The van der Waals surface area contributed by atoms with Gasteiger partial charge >= 0.3 is 118 Å². The molecule has 0 aliphatic heterocycles. The van der Waals surface area contributed by atoms with Crippen molar-refractivity contribution in [2.75, 3.05) is 5.73 Å². The van der Waals surface area contributed by atoms with Gasteiger partial charge in [0.05, 0.1) is 61.2 Å². The zero-order chi connectivity index (χ0) is 42.5. The van der Waals surface area contributed by atoms with E-state index >= 15 is 0 Å². The van der Waals surface area contributed by atoms with Crippen molar-refractivity contribution < 1.29 is 179 Å². The molecule has 6 rings (SSSR count). The number of phenols is 1. The van der Waals surface area contributed by atoms with Gasteiger partial charge in [0.1, 0.15) is 31.6 Å². The van der Waals surface area contributed by atoms with Gasteiger partial charge in [-0.1, -0.05) is 67.1 Å². The molecule has 0 fully saturated rings. The van der Waals surface area contributed by atoms with Crippen molar-refractivity contribution in [2.45, 2.75) is 39.9 Å². The van der Waals surface area contributed by atoms with Crippen LogP contribution in [0.3, 0.4) is 0 Å². The van der Waals surface area contributed by atoms with E-state index < -0.39 is 52.8 Å². The number of anilines is 1. The first-order valence-corrected chi connectivity index (χ1v) is 21.0. The first kappa shape index (κ1) is 57.8. The van der Waals surface area contributed by atoms with Gasteiger partial charge in [0, 0.05) is 10.5 Å². The van der Waals surface area contributed by atoms with Crippen LogP contribution in [0.2, 0.25) is 0 Å². The second-order valence-corrected chi connectivity index (χ2v) is 16.5. The summed E-state index contributed by atoms with van der Waals surface area (Å²) >= 11 is 0.610. The molecule has 0 amide bonds. The normalized spacial score (nSPS) is 11.5. The fourth-order valence-corrected chi connectivity index (χ4v) is 8.26. The maximum Gasteiger partial charge on any atom is 1.00 e. The second kappa shape index (κ2) is 25.7. The Morgan fingerprint density at radius 2 is 1.16 bits per heavy atom. The smallest absolute Gasteiger partial charge is 0.744 e. The molecule has 0 radical (unpaired) electrons. The number of fused-ring (bicyclic) bond motifs is 1. The molecule has 0 bridgehead atoms. The van der Waals surface area contributed by atoms with E-state index in [1.807, 2.05) is 31.2 Å². The first-order valence-electron chi connectivity index (χ1n) is 16.7. The Balaban J connectivity index is 0.00000341. The van der Waals surface area contributed by atoms with Crippen molar-refractivity contribution in [2.24, 2.45) is 20.5 Å². The monoisotopic (exact) mass is 969 g/mol. The fourth-order valence-electron chi connectivity index (χ4n) is 5.83. The molecule has 0 spiro atoms. The molecule has 0 aliphatic rings. The van der Waals surface area contributed by atoms with E-state index in [0.717, 1.165) is 22.8 Å². The Morgan fingerprint density at radius 1 is 0.635 bits per heavy atom. The SMILES string of the molecule is CCc1ccc(-c2ccc(N=Nc3c(SOO[O-])cc4cc(S(=O)(=O)[O-])c(N=Nc5ccc(-c6ccc(C)cc6)cc5)c(N)c4c3O)cc2SOO[O-])c(S(=O)(=O)[O-])c1.[Na+].[Na+].[Na+].[Na+]. The van der Waals surface area contributed by atoms with Gasteiger partial charge in [-0.05, 0) is 83.4 Å². The molecule has 3 N–H and O–H groups in total. The summed E-state index contributed by atoms with van der Waals surface area (Å²) < 4.78 is 83.1. The summed E-state index contributed by atoms with van der Waals surface area (Å²) in [6, 6.07) is 24.9. The number of nitrogen functional groups attached to an aromatic ring is 1. The molecular formula is C37H27N5Na4O13S4. The van der Waals surface area contributed by atoms with Crippen molar-refractivity contribution in [3.8, 4) is 28.0 Å². The minimum atomic E-state index is -5.26. The van der Waals surface area contributed by atoms with E-state index in [1.165, 1.54) is 36.4 Å². The number of hydrogen-bond donors (Lipinski definition) is 2. The molecule has 0 heterocycles. The van der Waals surface area contributed by atoms with Crippen molar-refractivity contribution >= 4 is 83.5 Å². The maximum atomic E-state index is 12.5. The van der Waals surface area contributed by atoms with Crippen molar-refractivity contribution in [3.05, 3.63) is 108 Å². The molecule has 306 valence electrons. The third kappa shape index (κ3) is 14.3. The topological polar surface area (TPSA) is 293 Å². The Bertz CT molecular complexity index is 2850. The Morgan fingerprint density at radius 3 is 1.73 bits per heavy atom. The van der Waals surface area contributed by atoms with Gasteiger partial charge in [-0.3, -0.25) is 10.1 Å². The van der Waals surface area contributed by atoms with Gasteiger partial charge in [0.2, 0.25) is 0 Å². The summed E-state index contributed by atoms with van der Waals surface area (Å²) in [5, 5.41) is 56.0. The predicted octanol–water partition coefficient (Wildman–Crippen LogP) is -4.55. The Labute approximate surface area is 458 Å².